The number of carbonyl (C=O) groups excluding carboxylic acids is 1. The summed E-state index contributed by atoms with van der Waals surface area (Å²) < 4.78 is 27.4. The molecule has 2 aromatic rings. The average Bonchev–Trinajstić information content (AvgIpc) is 2.48. The molecule has 2 N–H and O–H groups in total. The van der Waals surface area contributed by atoms with Crippen molar-refractivity contribution in [2.45, 2.75) is 39.7 Å². The Kier molecular flexibility index (Phi) is 5.73. The molecule has 1 unspecified atom stereocenters. The Labute approximate surface area is 145 Å². The third-order valence-electron chi connectivity index (χ3n) is 3.95. The Morgan fingerprint density at radius 3 is 2.29 bits per heavy atom. The van der Waals surface area contributed by atoms with Gasteiger partial charge in [-0.15, -0.1) is 0 Å². The summed E-state index contributed by atoms with van der Waals surface area (Å²) in [4.78, 5) is 12.7. The summed E-state index contributed by atoms with van der Waals surface area (Å²) in [6.07, 6.45) is 0.986. The zero-order valence-corrected chi connectivity index (χ0v) is 14.7. The SMILES string of the molecule is CCCC(=O)c1c(C)c(Cl)cc(C(C)N)c1-c1cc(F)cc(F)c1. The molecule has 0 saturated carbocycles. The first kappa shape index (κ1) is 18.6. The van der Waals surface area contributed by atoms with Crippen LogP contribution in [0.3, 0.4) is 0 Å². The summed E-state index contributed by atoms with van der Waals surface area (Å²) in [5, 5.41) is 0.419. The van der Waals surface area contributed by atoms with Crippen molar-refractivity contribution in [1.82, 2.24) is 0 Å². The average molecular weight is 352 g/mol. The molecule has 0 fully saturated rings. The molecule has 2 nitrogen and oxygen atoms in total. The number of Topliss-reactive ketones (excluding diaryl/α,β-unsaturated/α-hetero) is 1. The van der Waals surface area contributed by atoms with Crippen molar-refractivity contribution < 1.29 is 13.6 Å². The van der Waals surface area contributed by atoms with Gasteiger partial charge in [-0.1, -0.05) is 18.5 Å². The van der Waals surface area contributed by atoms with Crippen LogP contribution in [-0.4, -0.2) is 5.78 Å². The number of hydrogen-bond acceptors (Lipinski definition) is 2. The van der Waals surface area contributed by atoms with Gasteiger partial charge in [0.1, 0.15) is 11.6 Å². The normalized spacial score (nSPS) is 12.3. The minimum atomic E-state index is -0.706. The molecule has 0 saturated heterocycles. The third-order valence-corrected chi connectivity index (χ3v) is 4.34. The van der Waals surface area contributed by atoms with Gasteiger partial charge in [-0.3, -0.25) is 4.79 Å². The third kappa shape index (κ3) is 3.65. The van der Waals surface area contributed by atoms with Crippen LogP contribution in [0.25, 0.3) is 11.1 Å². The predicted octanol–water partition coefficient (Wildman–Crippen LogP) is 5.60. The lowest BCUT2D eigenvalue weighted by Gasteiger charge is -2.20. The van der Waals surface area contributed by atoms with Gasteiger partial charge in [-0.25, -0.2) is 8.78 Å². The standard InChI is InChI=1S/C19H20ClF2NO/c1-4-5-17(24)18-10(2)16(20)9-15(11(3)23)19(18)12-6-13(21)8-14(22)7-12/h6-9,11H,4-5,23H2,1-3H3. The van der Waals surface area contributed by atoms with Crippen molar-refractivity contribution in [2.75, 3.05) is 0 Å². The van der Waals surface area contributed by atoms with Gasteiger partial charge in [0.25, 0.3) is 0 Å². The highest BCUT2D eigenvalue weighted by molar-refractivity contribution is 6.32. The summed E-state index contributed by atoms with van der Waals surface area (Å²) in [5.41, 5.74) is 8.36. The number of ketones is 1. The molecule has 2 aromatic carbocycles. The highest BCUT2D eigenvalue weighted by atomic mass is 35.5. The van der Waals surface area contributed by atoms with E-state index in [1.807, 2.05) is 6.92 Å². The summed E-state index contributed by atoms with van der Waals surface area (Å²) in [7, 11) is 0. The van der Waals surface area contributed by atoms with Crippen molar-refractivity contribution in [2.24, 2.45) is 5.73 Å². The van der Waals surface area contributed by atoms with E-state index in [9.17, 15) is 13.6 Å². The van der Waals surface area contributed by atoms with E-state index in [2.05, 4.69) is 0 Å². The molecule has 2 rings (SSSR count). The summed E-state index contributed by atoms with van der Waals surface area (Å²) >= 11 is 6.27. The Morgan fingerprint density at radius 1 is 1.21 bits per heavy atom. The largest absolute Gasteiger partial charge is 0.324 e. The van der Waals surface area contributed by atoms with E-state index in [1.165, 1.54) is 12.1 Å². The lowest BCUT2D eigenvalue weighted by atomic mass is 9.86. The van der Waals surface area contributed by atoms with Crippen LogP contribution in [0.15, 0.2) is 24.3 Å². The minimum absolute atomic E-state index is 0.112. The zero-order chi connectivity index (χ0) is 18.0. The molecule has 0 aromatic heterocycles. The van der Waals surface area contributed by atoms with Crippen LogP contribution in [-0.2, 0) is 0 Å². The lowest BCUT2D eigenvalue weighted by Crippen LogP contribution is -2.13. The molecule has 0 aliphatic carbocycles. The number of hydrogen-bond donors (Lipinski definition) is 1. The fraction of sp³-hybridized carbons (Fsp3) is 0.316. The molecule has 0 aliphatic heterocycles. The Balaban J connectivity index is 2.88. The highest BCUT2D eigenvalue weighted by Gasteiger charge is 2.23. The second-order valence-electron chi connectivity index (χ2n) is 5.94. The van der Waals surface area contributed by atoms with E-state index in [0.29, 0.717) is 45.7 Å². The second-order valence-corrected chi connectivity index (χ2v) is 6.35. The summed E-state index contributed by atoms with van der Waals surface area (Å²) in [5.74, 6) is -1.52. The van der Waals surface area contributed by atoms with Crippen LogP contribution in [0.1, 0.15) is 54.2 Å². The maximum atomic E-state index is 13.7. The van der Waals surface area contributed by atoms with E-state index < -0.39 is 17.7 Å². The number of nitrogens with two attached hydrogens (primary N) is 1. The monoisotopic (exact) mass is 351 g/mol. The molecular formula is C19H20ClF2NO. The molecule has 0 heterocycles. The van der Waals surface area contributed by atoms with Gasteiger partial charge >= 0.3 is 0 Å². The molecule has 0 spiro atoms. The molecular weight excluding hydrogens is 332 g/mol. The minimum Gasteiger partial charge on any atom is -0.324 e. The lowest BCUT2D eigenvalue weighted by molar-refractivity contribution is 0.0981. The van der Waals surface area contributed by atoms with Crippen LogP contribution in [0, 0.1) is 18.6 Å². The van der Waals surface area contributed by atoms with E-state index in [4.69, 9.17) is 17.3 Å². The van der Waals surface area contributed by atoms with Crippen molar-refractivity contribution in [3.05, 3.63) is 57.6 Å². The highest BCUT2D eigenvalue weighted by Crippen LogP contribution is 2.38. The molecule has 0 aliphatic rings. The van der Waals surface area contributed by atoms with Gasteiger partial charge in [0, 0.05) is 29.1 Å². The van der Waals surface area contributed by atoms with E-state index >= 15 is 0 Å². The molecule has 128 valence electrons. The fourth-order valence-corrected chi connectivity index (χ4v) is 3.05. The quantitative estimate of drug-likeness (QED) is 0.713. The maximum absolute atomic E-state index is 13.7. The second kappa shape index (κ2) is 7.41. The Morgan fingerprint density at radius 2 is 1.79 bits per heavy atom. The fourth-order valence-electron chi connectivity index (χ4n) is 2.84. The van der Waals surface area contributed by atoms with Gasteiger partial charge in [0.05, 0.1) is 0 Å². The summed E-state index contributed by atoms with van der Waals surface area (Å²) in [6.45, 7) is 5.37. The van der Waals surface area contributed by atoms with Gasteiger partial charge in [-0.05, 0) is 60.7 Å². The van der Waals surface area contributed by atoms with E-state index in [0.717, 1.165) is 6.07 Å². The van der Waals surface area contributed by atoms with Crippen LogP contribution in [0.2, 0.25) is 5.02 Å². The van der Waals surface area contributed by atoms with Gasteiger partial charge < -0.3 is 5.73 Å². The molecule has 5 heteroatoms. The first-order valence-corrected chi connectivity index (χ1v) is 8.22. The Hall–Kier alpha value is -1.78. The number of carbonyl (C=O) groups is 1. The first-order chi connectivity index (χ1) is 11.3. The molecule has 0 amide bonds. The van der Waals surface area contributed by atoms with Crippen LogP contribution < -0.4 is 5.73 Å². The van der Waals surface area contributed by atoms with Crippen LogP contribution >= 0.6 is 11.6 Å². The predicted molar refractivity (Wildman–Crippen MR) is 93.4 cm³/mol. The number of rotatable bonds is 5. The smallest absolute Gasteiger partial charge is 0.163 e. The molecule has 24 heavy (non-hydrogen) atoms. The van der Waals surface area contributed by atoms with Crippen LogP contribution in [0.4, 0.5) is 8.78 Å². The zero-order valence-electron chi connectivity index (χ0n) is 13.9. The number of halogens is 3. The Bertz CT molecular complexity index is 767. The van der Waals surface area contributed by atoms with Gasteiger partial charge in [0.15, 0.2) is 5.78 Å². The van der Waals surface area contributed by atoms with Crippen molar-refractivity contribution in [1.29, 1.82) is 0 Å². The maximum Gasteiger partial charge on any atom is 0.163 e. The van der Waals surface area contributed by atoms with Crippen molar-refractivity contribution in [3.8, 4) is 11.1 Å². The van der Waals surface area contributed by atoms with Gasteiger partial charge in [-0.2, -0.15) is 0 Å². The van der Waals surface area contributed by atoms with Crippen LogP contribution in [0.5, 0.6) is 0 Å². The molecule has 1 atom stereocenters. The van der Waals surface area contributed by atoms with Crippen molar-refractivity contribution >= 4 is 17.4 Å². The number of benzene rings is 2. The topological polar surface area (TPSA) is 43.1 Å². The molecule has 0 bridgehead atoms. The van der Waals surface area contributed by atoms with Crippen molar-refractivity contribution in [3.63, 3.8) is 0 Å². The molecule has 0 radical (unpaired) electrons. The first-order valence-electron chi connectivity index (χ1n) is 7.84. The van der Waals surface area contributed by atoms with E-state index in [-0.39, 0.29) is 5.78 Å². The summed E-state index contributed by atoms with van der Waals surface area (Å²) in [6, 6.07) is 4.44. The van der Waals surface area contributed by atoms with Gasteiger partial charge in [0.2, 0.25) is 0 Å². The van der Waals surface area contributed by atoms with E-state index in [1.54, 1.807) is 19.9 Å².